The first kappa shape index (κ1) is 33.0. The van der Waals surface area contributed by atoms with Gasteiger partial charge in [-0.1, -0.05) is 121 Å². The van der Waals surface area contributed by atoms with E-state index in [2.05, 4.69) is 54.6 Å². The smallest absolute Gasteiger partial charge is 0.164 e. The number of aliphatic imine (C=N–C) groups is 1. The summed E-state index contributed by atoms with van der Waals surface area (Å²) in [5, 5.41) is 5.15. The number of nitrogens with zero attached hydrogens (tertiary/aromatic N) is 4. The molecule has 0 atom stereocenters. The average molecular weight is 754 g/mol. The largest absolute Gasteiger partial charge is 0.456 e. The van der Waals surface area contributed by atoms with Crippen molar-refractivity contribution in [1.29, 1.82) is 0 Å². The van der Waals surface area contributed by atoms with Gasteiger partial charge >= 0.3 is 0 Å². The van der Waals surface area contributed by atoms with Crippen LogP contribution in [0.25, 0.3) is 88.1 Å². The Morgan fingerprint density at radius 3 is 1.95 bits per heavy atom. The lowest BCUT2D eigenvalue weighted by molar-refractivity contribution is 0.668. The third-order valence-corrected chi connectivity index (χ3v) is 11.6. The number of amidine groups is 1. The first-order chi connectivity index (χ1) is 28.1. The van der Waals surface area contributed by atoms with E-state index in [9.17, 15) is 0 Å². The number of aromatic nitrogens is 3. The van der Waals surface area contributed by atoms with Gasteiger partial charge in [-0.2, -0.15) is 0 Å². The van der Waals surface area contributed by atoms with Crippen molar-refractivity contribution in [3.8, 4) is 34.2 Å². The van der Waals surface area contributed by atoms with Gasteiger partial charge in [-0.15, -0.1) is 11.3 Å². The molecule has 0 unspecified atom stereocenters. The lowest BCUT2D eigenvalue weighted by Gasteiger charge is -2.09. The van der Waals surface area contributed by atoms with Gasteiger partial charge in [-0.25, -0.2) is 19.9 Å². The third-order valence-electron chi connectivity index (χ3n) is 10.4. The van der Waals surface area contributed by atoms with Gasteiger partial charge < -0.3 is 14.6 Å². The lowest BCUT2D eigenvalue weighted by atomic mass is 10.0. The van der Waals surface area contributed by atoms with Gasteiger partial charge in [-0.05, 0) is 48.0 Å². The second-order valence-electron chi connectivity index (χ2n) is 14.0. The average Bonchev–Trinajstić information content (AvgIpc) is 3.94. The number of nitrogens with two attached hydrogens (primary N) is 1. The molecule has 8 heteroatoms. The molecule has 7 nitrogen and oxygen atoms in total. The van der Waals surface area contributed by atoms with Crippen LogP contribution in [-0.4, -0.2) is 20.8 Å². The Bertz CT molecular complexity index is 3290. The van der Waals surface area contributed by atoms with Crippen molar-refractivity contribution in [2.24, 2.45) is 10.7 Å². The summed E-state index contributed by atoms with van der Waals surface area (Å²) in [7, 11) is 0. The van der Waals surface area contributed by atoms with Crippen molar-refractivity contribution in [3.05, 3.63) is 180 Å². The maximum atomic E-state index is 6.80. The molecule has 57 heavy (non-hydrogen) atoms. The number of fused-ring (bicyclic) bond motifs is 7. The SMILES string of the molecule is NC(=Nc1c(Cc2ccc3oc4cccc(-c5nc(-c6ccccc6)nc(-c6ccccc6)n5)c4c3c2)sc2ccccc12)c1ccc2c(c1)oc1ccccc12. The summed E-state index contributed by atoms with van der Waals surface area (Å²) in [5.74, 6) is 2.24. The fourth-order valence-electron chi connectivity index (χ4n) is 7.68. The number of benzene rings is 7. The molecule has 7 aromatic carbocycles. The number of para-hydroxylation sites is 1. The molecule has 11 aromatic rings. The molecule has 0 aliphatic heterocycles. The molecule has 4 aromatic heterocycles. The Kier molecular flexibility index (Phi) is 7.75. The molecular formula is C49H31N5O2S. The summed E-state index contributed by atoms with van der Waals surface area (Å²) in [5.41, 5.74) is 15.5. The van der Waals surface area contributed by atoms with Crippen molar-refractivity contribution >= 4 is 76.8 Å². The number of hydrogen-bond acceptors (Lipinski definition) is 7. The molecule has 0 radical (unpaired) electrons. The molecule has 0 aliphatic carbocycles. The van der Waals surface area contributed by atoms with E-state index in [1.807, 2.05) is 109 Å². The van der Waals surface area contributed by atoms with Gasteiger partial charge in [-0.3, -0.25) is 0 Å². The van der Waals surface area contributed by atoms with Gasteiger partial charge in [0.25, 0.3) is 0 Å². The maximum Gasteiger partial charge on any atom is 0.164 e. The minimum atomic E-state index is 0.435. The molecule has 0 fully saturated rings. The molecule has 0 bridgehead atoms. The van der Waals surface area contributed by atoms with Crippen LogP contribution in [0.15, 0.2) is 178 Å². The maximum absolute atomic E-state index is 6.80. The van der Waals surface area contributed by atoms with Gasteiger partial charge in [0.2, 0.25) is 0 Å². The second-order valence-corrected chi connectivity index (χ2v) is 15.1. The topological polar surface area (TPSA) is 103 Å². The Morgan fingerprint density at radius 1 is 0.526 bits per heavy atom. The van der Waals surface area contributed by atoms with Gasteiger partial charge in [0.05, 0.1) is 5.69 Å². The van der Waals surface area contributed by atoms with Crippen LogP contribution < -0.4 is 5.73 Å². The highest BCUT2D eigenvalue weighted by atomic mass is 32.1. The minimum absolute atomic E-state index is 0.435. The molecule has 0 aliphatic rings. The summed E-state index contributed by atoms with van der Waals surface area (Å²) in [6.45, 7) is 0. The summed E-state index contributed by atoms with van der Waals surface area (Å²) in [6.07, 6.45) is 0.654. The highest BCUT2D eigenvalue weighted by Crippen LogP contribution is 2.42. The highest BCUT2D eigenvalue weighted by molar-refractivity contribution is 7.19. The van der Waals surface area contributed by atoms with Crippen LogP contribution in [0.3, 0.4) is 0 Å². The van der Waals surface area contributed by atoms with E-state index >= 15 is 0 Å². The van der Waals surface area contributed by atoms with E-state index in [0.717, 1.165) is 92.3 Å². The van der Waals surface area contributed by atoms with Gasteiger partial charge in [0.15, 0.2) is 17.5 Å². The number of furan rings is 2. The van der Waals surface area contributed by atoms with E-state index in [0.29, 0.717) is 29.7 Å². The quantitative estimate of drug-likeness (QED) is 0.128. The second kappa shape index (κ2) is 13.4. The van der Waals surface area contributed by atoms with E-state index in [-0.39, 0.29) is 0 Å². The van der Waals surface area contributed by atoms with Crippen LogP contribution in [0.4, 0.5) is 5.69 Å². The molecule has 0 saturated carbocycles. The third kappa shape index (κ3) is 5.82. The van der Waals surface area contributed by atoms with Crippen molar-refractivity contribution < 1.29 is 8.83 Å². The molecule has 4 heterocycles. The zero-order chi connectivity index (χ0) is 37.9. The zero-order valence-electron chi connectivity index (χ0n) is 30.4. The van der Waals surface area contributed by atoms with Crippen LogP contribution >= 0.6 is 11.3 Å². The molecule has 2 N–H and O–H groups in total. The summed E-state index contributed by atoms with van der Waals surface area (Å²) >= 11 is 1.74. The molecule has 0 amide bonds. The van der Waals surface area contributed by atoms with Crippen LogP contribution in [0, 0.1) is 0 Å². The lowest BCUT2D eigenvalue weighted by Crippen LogP contribution is -2.12. The zero-order valence-corrected chi connectivity index (χ0v) is 31.2. The molecule has 270 valence electrons. The molecule has 0 saturated heterocycles. The summed E-state index contributed by atoms with van der Waals surface area (Å²) in [6, 6.07) is 55.0. The van der Waals surface area contributed by atoms with Crippen LogP contribution in [0.1, 0.15) is 16.0 Å². The van der Waals surface area contributed by atoms with E-state index in [1.165, 1.54) is 0 Å². The molecular weight excluding hydrogens is 723 g/mol. The minimum Gasteiger partial charge on any atom is -0.456 e. The molecule has 11 rings (SSSR count). The number of rotatable bonds is 7. The predicted octanol–water partition coefficient (Wildman–Crippen LogP) is 12.5. The van der Waals surface area contributed by atoms with Crippen molar-refractivity contribution in [3.63, 3.8) is 0 Å². The van der Waals surface area contributed by atoms with Gasteiger partial charge in [0.1, 0.15) is 28.2 Å². The first-order valence-electron chi connectivity index (χ1n) is 18.7. The normalized spacial score (nSPS) is 12.1. The molecule has 0 spiro atoms. The Balaban J connectivity index is 1.02. The first-order valence-corrected chi connectivity index (χ1v) is 19.5. The fraction of sp³-hybridized carbons (Fsp3) is 0.0204. The van der Waals surface area contributed by atoms with Crippen LogP contribution in [0.5, 0.6) is 0 Å². The van der Waals surface area contributed by atoms with E-state index in [1.54, 1.807) is 11.3 Å². The van der Waals surface area contributed by atoms with Crippen molar-refractivity contribution in [2.45, 2.75) is 6.42 Å². The fourth-order valence-corrected chi connectivity index (χ4v) is 8.86. The van der Waals surface area contributed by atoms with Crippen LogP contribution in [0.2, 0.25) is 0 Å². The van der Waals surface area contributed by atoms with Crippen molar-refractivity contribution in [1.82, 2.24) is 15.0 Å². The van der Waals surface area contributed by atoms with Crippen LogP contribution in [-0.2, 0) is 6.42 Å². The Hall–Kier alpha value is -7.42. The van der Waals surface area contributed by atoms with Gasteiger partial charge in [0, 0.05) is 65.2 Å². The highest BCUT2D eigenvalue weighted by Gasteiger charge is 2.20. The monoisotopic (exact) mass is 753 g/mol. The summed E-state index contributed by atoms with van der Waals surface area (Å²) in [4.78, 5) is 21.2. The number of hydrogen-bond donors (Lipinski definition) is 1. The summed E-state index contributed by atoms with van der Waals surface area (Å²) < 4.78 is 13.8. The predicted molar refractivity (Wildman–Crippen MR) is 232 cm³/mol. The Labute approximate surface area is 330 Å². The van der Waals surface area contributed by atoms with E-state index in [4.69, 9.17) is 34.5 Å². The van der Waals surface area contributed by atoms with E-state index < -0.39 is 0 Å². The number of thiophene rings is 1. The standard InChI is InChI=1S/C49H31N5O2S/c50-46(32-23-24-34-33-16-7-9-19-38(33)56-41(34)28-32)51-45-35-17-8-10-21-42(35)57-43(45)27-29-22-25-39-37(26-29)44-36(18-11-20-40(44)55-39)49-53-47(30-12-3-1-4-13-30)52-48(54-49)31-14-5-2-6-15-31/h1-26,28H,27H2,(H2,50,51). The Morgan fingerprint density at radius 2 is 1.16 bits per heavy atom. The van der Waals surface area contributed by atoms with Crippen molar-refractivity contribution in [2.75, 3.05) is 0 Å².